The zero-order valence-electron chi connectivity index (χ0n) is 11.8. The van der Waals surface area contributed by atoms with Crippen LogP contribution in [0, 0.1) is 0 Å². The quantitative estimate of drug-likeness (QED) is 0.864. The lowest BCUT2D eigenvalue weighted by molar-refractivity contribution is 0.713. The molecule has 0 atom stereocenters. The van der Waals surface area contributed by atoms with E-state index in [4.69, 9.17) is 0 Å². The van der Waals surface area contributed by atoms with Gasteiger partial charge >= 0.3 is 0 Å². The van der Waals surface area contributed by atoms with E-state index in [1.54, 1.807) is 4.68 Å². The molecular formula is C14H21N5. The van der Waals surface area contributed by atoms with Crippen molar-refractivity contribution in [2.24, 2.45) is 7.05 Å². The average molecular weight is 259 g/mol. The van der Waals surface area contributed by atoms with Crippen LogP contribution >= 0.6 is 0 Å². The van der Waals surface area contributed by atoms with Crippen LogP contribution in [0.2, 0.25) is 0 Å². The minimum Gasteiger partial charge on any atom is -0.379 e. The minimum atomic E-state index is 0.693. The van der Waals surface area contributed by atoms with Crippen LogP contribution in [0.5, 0.6) is 0 Å². The summed E-state index contributed by atoms with van der Waals surface area (Å²) in [5.74, 6) is 0. The first-order chi connectivity index (χ1) is 9.22. The number of benzene rings is 1. The van der Waals surface area contributed by atoms with E-state index in [0.29, 0.717) is 6.54 Å². The van der Waals surface area contributed by atoms with Gasteiger partial charge in [-0.25, -0.2) is 0 Å². The van der Waals surface area contributed by atoms with Crippen molar-refractivity contribution < 1.29 is 0 Å². The normalized spacial score (nSPS) is 10.5. The highest BCUT2D eigenvalue weighted by Gasteiger charge is 2.02. The van der Waals surface area contributed by atoms with Crippen molar-refractivity contribution in [1.29, 1.82) is 0 Å². The predicted molar refractivity (Wildman–Crippen MR) is 78.3 cm³/mol. The van der Waals surface area contributed by atoms with Crippen molar-refractivity contribution in [3.8, 4) is 0 Å². The molecule has 1 aromatic heterocycles. The summed E-state index contributed by atoms with van der Waals surface area (Å²) in [7, 11) is 1.87. The van der Waals surface area contributed by atoms with Gasteiger partial charge in [0.25, 0.3) is 0 Å². The number of rotatable bonds is 6. The first-order valence-corrected chi connectivity index (χ1v) is 6.67. The summed E-state index contributed by atoms with van der Waals surface area (Å²) >= 11 is 0. The molecule has 5 nitrogen and oxygen atoms in total. The maximum Gasteiger partial charge on any atom is 0.102 e. The molecule has 19 heavy (non-hydrogen) atoms. The first-order valence-electron chi connectivity index (χ1n) is 6.67. The fourth-order valence-electron chi connectivity index (χ4n) is 2.05. The Morgan fingerprint density at radius 1 is 1.16 bits per heavy atom. The van der Waals surface area contributed by atoms with E-state index in [1.165, 1.54) is 5.69 Å². The van der Waals surface area contributed by atoms with E-state index >= 15 is 0 Å². The van der Waals surface area contributed by atoms with E-state index in [0.717, 1.165) is 24.5 Å². The van der Waals surface area contributed by atoms with Gasteiger partial charge in [-0.3, -0.25) is 4.68 Å². The van der Waals surface area contributed by atoms with Crippen LogP contribution in [0.4, 0.5) is 11.4 Å². The van der Waals surface area contributed by atoms with Crippen molar-refractivity contribution in [2.75, 3.05) is 23.3 Å². The Morgan fingerprint density at radius 3 is 2.37 bits per heavy atom. The van der Waals surface area contributed by atoms with Gasteiger partial charge in [0.05, 0.1) is 6.54 Å². The lowest BCUT2D eigenvalue weighted by Gasteiger charge is -2.21. The van der Waals surface area contributed by atoms with E-state index in [2.05, 4.69) is 58.6 Å². The molecule has 0 amide bonds. The van der Waals surface area contributed by atoms with Gasteiger partial charge in [-0.05, 0) is 38.1 Å². The number of hydrogen-bond donors (Lipinski definition) is 1. The smallest absolute Gasteiger partial charge is 0.102 e. The topological polar surface area (TPSA) is 46.0 Å². The summed E-state index contributed by atoms with van der Waals surface area (Å²) in [6, 6.07) is 8.49. The third-order valence-electron chi connectivity index (χ3n) is 3.12. The second kappa shape index (κ2) is 6.22. The van der Waals surface area contributed by atoms with Crippen LogP contribution in [-0.4, -0.2) is 28.1 Å². The fraction of sp³-hybridized carbons (Fsp3) is 0.429. The van der Waals surface area contributed by atoms with Crippen molar-refractivity contribution in [1.82, 2.24) is 15.0 Å². The minimum absolute atomic E-state index is 0.693. The first kappa shape index (κ1) is 13.4. The molecule has 0 spiro atoms. The summed E-state index contributed by atoms with van der Waals surface area (Å²) < 4.78 is 1.71. The van der Waals surface area contributed by atoms with Gasteiger partial charge in [-0.1, -0.05) is 5.21 Å². The van der Waals surface area contributed by atoms with E-state index in [1.807, 2.05) is 13.2 Å². The van der Waals surface area contributed by atoms with E-state index in [9.17, 15) is 0 Å². The van der Waals surface area contributed by atoms with E-state index in [-0.39, 0.29) is 0 Å². The molecule has 1 heterocycles. The molecule has 102 valence electrons. The summed E-state index contributed by atoms with van der Waals surface area (Å²) in [5.41, 5.74) is 3.30. The molecule has 0 fully saturated rings. The largest absolute Gasteiger partial charge is 0.379 e. The molecule has 0 aliphatic rings. The number of nitrogens with zero attached hydrogens (tertiary/aromatic N) is 4. The van der Waals surface area contributed by atoms with Crippen LogP contribution < -0.4 is 10.2 Å². The summed E-state index contributed by atoms with van der Waals surface area (Å²) in [5, 5.41) is 11.3. The lowest BCUT2D eigenvalue weighted by atomic mass is 10.2. The summed E-state index contributed by atoms with van der Waals surface area (Å²) in [4.78, 5) is 2.33. The zero-order valence-corrected chi connectivity index (χ0v) is 11.8. The highest BCUT2D eigenvalue weighted by Crippen LogP contribution is 2.17. The van der Waals surface area contributed by atoms with Gasteiger partial charge in [-0.15, -0.1) is 5.10 Å². The van der Waals surface area contributed by atoms with Crippen molar-refractivity contribution in [2.45, 2.75) is 20.4 Å². The Morgan fingerprint density at radius 2 is 1.84 bits per heavy atom. The number of aromatic nitrogens is 3. The molecular weight excluding hydrogens is 238 g/mol. The van der Waals surface area contributed by atoms with Gasteiger partial charge in [-0.2, -0.15) is 0 Å². The summed E-state index contributed by atoms with van der Waals surface area (Å²) in [6.07, 6.45) is 1.91. The Hall–Kier alpha value is -2.04. The summed E-state index contributed by atoms with van der Waals surface area (Å²) in [6.45, 7) is 7.09. The molecule has 0 saturated heterocycles. The molecule has 1 N–H and O–H groups in total. The van der Waals surface area contributed by atoms with Crippen molar-refractivity contribution in [3.63, 3.8) is 0 Å². The Labute approximate surface area is 114 Å². The zero-order chi connectivity index (χ0) is 13.7. The van der Waals surface area contributed by atoms with Crippen LogP contribution in [0.1, 0.15) is 19.5 Å². The van der Waals surface area contributed by atoms with Crippen molar-refractivity contribution in [3.05, 3.63) is 36.2 Å². The van der Waals surface area contributed by atoms with Crippen molar-refractivity contribution >= 4 is 11.4 Å². The molecule has 0 radical (unpaired) electrons. The van der Waals surface area contributed by atoms with Crippen LogP contribution in [0.25, 0.3) is 0 Å². The predicted octanol–water partition coefficient (Wildman–Crippen LogP) is 2.27. The second-order valence-electron chi connectivity index (χ2n) is 4.46. The number of hydrogen-bond acceptors (Lipinski definition) is 4. The number of nitrogens with one attached hydrogen (secondary N) is 1. The molecule has 5 heteroatoms. The standard InChI is InChI=1S/C14H21N5/c1-4-19(5-2)14-8-6-12(7-9-14)15-10-13-11-18(3)17-16-13/h6-9,11,15H,4-5,10H2,1-3H3. The Bertz CT molecular complexity index is 499. The maximum atomic E-state index is 4.05. The SMILES string of the molecule is CCN(CC)c1ccc(NCc2cn(C)nn2)cc1. The molecule has 0 aliphatic carbocycles. The second-order valence-corrected chi connectivity index (χ2v) is 4.46. The highest BCUT2D eigenvalue weighted by atomic mass is 15.4. The maximum absolute atomic E-state index is 4.05. The third-order valence-corrected chi connectivity index (χ3v) is 3.12. The van der Waals surface area contributed by atoms with Gasteiger partial charge in [0.1, 0.15) is 5.69 Å². The van der Waals surface area contributed by atoms with Gasteiger partial charge in [0, 0.05) is 37.7 Å². The molecule has 2 aromatic rings. The third kappa shape index (κ3) is 3.47. The molecule has 1 aromatic carbocycles. The molecule has 2 rings (SSSR count). The van der Waals surface area contributed by atoms with Gasteiger partial charge in [0.2, 0.25) is 0 Å². The van der Waals surface area contributed by atoms with E-state index < -0.39 is 0 Å². The Balaban J connectivity index is 1.95. The van der Waals surface area contributed by atoms with Gasteiger partial charge in [0.15, 0.2) is 0 Å². The van der Waals surface area contributed by atoms with Crippen LogP contribution in [0.3, 0.4) is 0 Å². The molecule has 0 saturated carbocycles. The molecule has 0 unspecified atom stereocenters. The molecule has 0 bridgehead atoms. The van der Waals surface area contributed by atoms with Crippen LogP contribution in [0.15, 0.2) is 30.5 Å². The number of aryl methyl sites for hydroxylation is 1. The molecule has 0 aliphatic heterocycles. The Kier molecular flexibility index (Phi) is 4.39. The average Bonchev–Trinajstić information content (AvgIpc) is 2.85. The lowest BCUT2D eigenvalue weighted by Crippen LogP contribution is -2.21. The fourth-order valence-corrected chi connectivity index (χ4v) is 2.05. The highest BCUT2D eigenvalue weighted by molar-refractivity contribution is 5.55. The van der Waals surface area contributed by atoms with Gasteiger partial charge < -0.3 is 10.2 Å². The number of anilines is 2. The monoisotopic (exact) mass is 259 g/mol. The van der Waals surface area contributed by atoms with Crippen LogP contribution in [-0.2, 0) is 13.6 Å².